The molecule has 19 heavy (non-hydrogen) atoms. The SMILES string of the molecule is [N-]=[N+]=NCCNC(=O)CON=Cc1ccc([18F])cc1. The highest BCUT2D eigenvalue weighted by molar-refractivity contribution is 5.79. The summed E-state index contributed by atoms with van der Waals surface area (Å²) in [5.41, 5.74) is 8.67. The van der Waals surface area contributed by atoms with Crippen molar-refractivity contribution in [2.24, 2.45) is 10.3 Å². The molecule has 0 heterocycles. The number of nitrogens with zero attached hydrogens (tertiary/aromatic N) is 4. The third-order valence-electron chi connectivity index (χ3n) is 1.94. The zero-order valence-electron chi connectivity index (χ0n) is 9.99. The van der Waals surface area contributed by atoms with Gasteiger partial charge in [0.05, 0.1) is 6.21 Å². The standard InChI is InChI=1S/C11H12FN5O2/c12-10-3-1-9(2-4-10)7-16-19-8-11(18)14-5-6-15-17-13/h1-4,7H,5-6,8H2,(H,14,18)/i12-1. The van der Waals surface area contributed by atoms with E-state index in [1.807, 2.05) is 0 Å². The summed E-state index contributed by atoms with van der Waals surface area (Å²) >= 11 is 0. The van der Waals surface area contributed by atoms with Crippen LogP contribution in [-0.2, 0) is 9.63 Å². The summed E-state index contributed by atoms with van der Waals surface area (Å²) in [6, 6.07) is 5.65. The molecule has 0 spiro atoms. The van der Waals surface area contributed by atoms with Crippen LogP contribution in [-0.4, -0.2) is 31.8 Å². The number of carbonyl (C=O) groups excluding carboxylic acids is 1. The predicted molar refractivity (Wildman–Crippen MR) is 67.0 cm³/mol. The quantitative estimate of drug-likeness (QED) is 0.202. The maximum atomic E-state index is 12.6. The highest BCUT2D eigenvalue weighted by Crippen LogP contribution is 1.99. The smallest absolute Gasteiger partial charge is 0.260 e. The summed E-state index contributed by atoms with van der Waals surface area (Å²) in [5, 5.41) is 9.29. The molecule has 100 valence electrons. The first-order chi connectivity index (χ1) is 9.22. The van der Waals surface area contributed by atoms with Gasteiger partial charge in [-0.05, 0) is 23.2 Å². The fourth-order valence-corrected chi connectivity index (χ4v) is 1.08. The van der Waals surface area contributed by atoms with Crippen molar-refractivity contribution in [1.29, 1.82) is 0 Å². The van der Waals surface area contributed by atoms with Crippen LogP contribution in [0.5, 0.6) is 0 Å². The summed E-state index contributed by atoms with van der Waals surface area (Å²) in [7, 11) is 0. The number of rotatable bonds is 7. The van der Waals surface area contributed by atoms with Crippen LogP contribution in [0.4, 0.5) is 4.39 Å². The second-order valence-electron chi connectivity index (χ2n) is 3.36. The van der Waals surface area contributed by atoms with Crippen molar-refractivity contribution < 1.29 is 14.0 Å². The highest BCUT2D eigenvalue weighted by atomic mass is 18.2. The number of hydrogen-bond donors (Lipinski definition) is 1. The monoisotopic (exact) mass is 264 g/mol. The number of halogens is 1. The molecular formula is C11H12FN5O2. The molecule has 0 aliphatic carbocycles. The average Bonchev–Trinajstić information content (AvgIpc) is 2.42. The van der Waals surface area contributed by atoms with Crippen LogP contribution in [0.1, 0.15) is 5.56 Å². The zero-order valence-corrected chi connectivity index (χ0v) is 9.99. The van der Waals surface area contributed by atoms with Crippen molar-refractivity contribution in [1.82, 2.24) is 5.32 Å². The van der Waals surface area contributed by atoms with Crippen molar-refractivity contribution in [3.63, 3.8) is 0 Å². The first-order valence-electron chi connectivity index (χ1n) is 5.41. The Morgan fingerprint density at radius 1 is 1.47 bits per heavy atom. The molecule has 8 heteroatoms. The Labute approximate surface area is 108 Å². The molecule has 0 unspecified atom stereocenters. The minimum Gasteiger partial charge on any atom is -0.386 e. The van der Waals surface area contributed by atoms with E-state index in [0.717, 1.165) is 0 Å². The van der Waals surface area contributed by atoms with E-state index in [2.05, 4.69) is 20.5 Å². The topological polar surface area (TPSA) is 99.5 Å². The first kappa shape index (κ1) is 14.5. The number of oxime groups is 1. The van der Waals surface area contributed by atoms with Gasteiger partial charge in [-0.1, -0.05) is 22.4 Å². The summed E-state index contributed by atoms with van der Waals surface area (Å²) < 4.78 is 12.6. The Hall–Kier alpha value is -2.60. The minimum atomic E-state index is -0.371. The Bertz CT molecular complexity index is 482. The van der Waals surface area contributed by atoms with E-state index in [1.165, 1.54) is 30.5 Å². The lowest BCUT2D eigenvalue weighted by atomic mass is 10.2. The minimum absolute atomic E-state index is 0.182. The van der Waals surface area contributed by atoms with Crippen LogP contribution >= 0.6 is 0 Å². The number of carbonyl (C=O) groups is 1. The van der Waals surface area contributed by atoms with Gasteiger partial charge in [0.15, 0.2) is 6.61 Å². The molecule has 0 aliphatic heterocycles. The molecule has 1 aromatic rings. The van der Waals surface area contributed by atoms with Crippen molar-refractivity contribution in [3.8, 4) is 0 Å². The summed E-state index contributed by atoms with van der Waals surface area (Å²) in [4.78, 5) is 18.5. The fourth-order valence-electron chi connectivity index (χ4n) is 1.08. The van der Waals surface area contributed by atoms with E-state index in [4.69, 9.17) is 10.4 Å². The highest BCUT2D eigenvalue weighted by Gasteiger charge is 1.99. The van der Waals surface area contributed by atoms with Crippen LogP contribution in [0.15, 0.2) is 34.5 Å². The van der Waals surface area contributed by atoms with Crippen molar-refractivity contribution >= 4 is 12.1 Å². The van der Waals surface area contributed by atoms with Gasteiger partial charge < -0.3 is 10.2 Å². The molecule has 0 saturated carbocycles. The normalized spacial score (nSPS) is 9.95. The lowest BCUT2D eigenvalue weighted by Gasteiger charge is -2.01. The summed E-state index contributed by atoms with van der Waals surface area (Å²) in [6.07, 6.45) is 1.37. The molecule has 0 bridgehead atoms. The van der Waals surface area contributed by atoms with Gasteiger partial charge in [-0.15, -0.1) is 0 Å². The lowest BCUT2D eigenvalue weighted by molar-refractivity contribution is -0.125. The Morgan fingerprint density at radius 2 is 2.21 bits per heavy atom. The molecule has 1 aromatic carbocycles. The third kappa shape index (κ3) is 6.64. The van der Waals surface area contributed by atoms with Gasteiger partial charge in [0, 0.05) is 18.0 Å². The molecule has 0 fully saturated rings. The molecule has 0 aliphatic rings. The molecule has 0 saturated heterocycles. The maximum Gasteiger partial charge on any atom is 0.260 e. The van der Waals surface area contributed by atoms with Crippen LogP contribution < -0.4 is 5.32 Å². The molecule has 1 N–H and O–H groups in total. The van der Waals surface area contributed by atoms with Crippen molar-refractivity contribution in [2.45, 2.75) is 0 Å². The van der Waals surface area contributed by atoms with Crippen molar-refractivity contribution in [2.75, 3.05) is 19.7 Å². The van der Waals surface area contributed by atoms with E-state index < -0.39 is 0 Å². The van der Waals surface area contributed by atoms with Crippen LogP contribution in [0.2, 0.25) is 0 Å². The van der Waals surface area contributed by atoms with Crippen LogP contribution in [0.3, 0.4) is 0 Å². The van der Waals surface area contributed by atoms with E-state index in [-0.39, 0.29) is 31.4 Å². The first-order valence-corrected chi connectivity index (χ1v) is 5.41. The zero-order chi connectivity index (χ0) is 13.9. The maximum absolute atomic E-state index is 12.6. The molecular weight excluding hydrogens is 252 g/mol. The van der Waals surface area contributed by atoms with Gasteiger partial charge in [-0.2, -0.15) is 0 Å². The van der Waals surface area contributed by atoms with Crippen molar-refractivity contribution in [3.05, 3.63) is 46.1 Å². The van der Waals surface area contributed by atoms with Gasteiger partial charge in [0.25, 0.3) is 5.91 Å². The summed E-state index contributed by atoms with van der Waals surface area (Å²) in [5.74, 6) is -0.707. The number of amides is 1. The lowest BCUT2D eigenvalue weighted by Crippen LogP contribution is -2.29. The number of hydrogen-bond acceptors (Lipinski definition) is 4. The molecule has 1 amide bonds. The number of azide groups is 1. The van der Waals surface area contributed by atoms with Gasteiger partial charge in [0.1, 0.15) is 5.82 Å². The van der Waals surface area contributed by atoms with Crippen LogP contribution in [0.25, 0.3) is 10.4 Å². The second-order valence-corrected chi connectivity index (χ2v) is 3.36. The van der Waals surface area contributed by atoms with E-state index in [0.29, 0.717) is 5.56 Å². The van der Waals surface area contributed by atoms with E-state index in [1.54, 1.807) is 0 Å². The summed E-state index contributed by atoms with van der Waals surface area (Å²) in [6.45, 7) is 0.184. The van der Waals surface area contributed by atoms with Gasteiger partial charge in [-0.3, -0.25) is 4.79 Å². The van der Waals surface area contributed by atoms with E-state index >= 15 is 0 Å². The fraction of sp³-hybridized carbons (Fsp3) is 0.273. The molecule has 0 radical (unpaired) electrons. The Balaban J connectivity index is 2.20. The Morgan fingerprint density at radius 3 is 2.89 bits per heavy atom. The van der Waals surface area contributed by atoms with E-state index in [9.17, 15) is 9.18 Å². The number of nitrogens with one attached hydrogen (secondary N) is 1. The van der Waals surface area contributed by atoms with Gasteiger partial charge >= 0.3 is 0 Å². The largest absolute Gasteiger partial charge is 0.386 e. The second kappa shape index (κ2) is 8.48. The van der Waals surface area contributed by atoms with Gasteiger partial charge in [0.2, 0.25) is 0 Å². The molecule has 1 rings (SSSR count). The number of benzene rings is 1. The predicted octanol–water partition coefficient (Wildman–Crippen LogP) is 1.60. The third-order valence-corrected chi connectivity index (χ3v) is 1.94. The molecule has 7 nitrogen and oxygen atoms in total. The average molecular weight is 264 g/mol. The Kier molecular flexibility index (Phi) is 6.46. The molecule has 0 aromatic heterocycles. The molecule has 0 atom stereocenters. The van der Waals surface area contributed by atoms with Gasteiger partial charge in [-0.25, -0.2) is 4.39 Å². The van der Waals surface area contributed by atoms with Crippen LogP contribution in [0, 0.1) is 5.82 Å².